The minimum Gasteiger partial charge on any atom is -0.554 e. The summed E-state index contributed by atoms with van der Waals surface area (Å²) in [5.41, 5.74) is 0.681. The van der Waals surface area contributed by atoms with Crippen LogP contribution in [0.3, 0.4) is 0 Å². The Morgan fingerprint density at radius 2 is 1.90 bits per heavy atom. The van der Waals surface area contributed by atoms with Crippen LogP contribution in [0, 0.1) is 6.92 Å². The number of ether oxygens (including phenoxy) is 1. The van der Waals surface area contributed by atoms with Crippen molar-refractivity contribution in [3.05, 3.63) is 36.8 Å². The molecular weight excluding hydrogens is 296 g/mol. The zero-order valence-electron chi connectivity index (χ0n) is 5.70. The van der Waals surface area contributed by atoms with Crippen LogP contribution in [0.25, 0.3) is 0 Å². The number of benzene rings is 1. The quantitative estimate of drug-likeness (QED) is 0.718. The topological polar surface area (TPSA) is 9.23 Å². The second-order valence-corrected chi connectivity index (χ2v) is 1.74. The van der Waals surface area contributed by atoms with Gasteiger partial charge in [0, 0.05) is 26.8 Å². The maximum absolute atomic E-state index is 5.51. The van der Waals surface area contributed by atoms with Crippen molar-refractivity contribution in [1.29, 1.82) is 0 Å². The zero-order valence-corrected chi connectivity index (χ0v) is 8.64. The summed E-state index contributed by atoms with van der Waals surface area (Å²) in [4.78, 5) is 0. The van der Waals surface area contributed by atoms with Gasteiger partial charge in [0.15, 0.2) is 0 Å². The largest absolute Gasteiger partial charge is 0.554 e. The summed E-state index contributed by atoms with van der Waals surface area (Å²) in [7, 11) is 1.60. The fourth-order valence-electron chi connectivity index (χ4n) is 0.666. The van der Waals surface area contributed by atoms with E-state index in [-0.39, 0.29) is 21.1 Å². The van der Waals surface area contributed by atoms with E-state index in [4.69, 9.17) is 11.7 Å². The van der Waals surface area contributed by atoms with E-state index in [1.54, 1.807) is 13.2 Å². The third kappa shape index (κ3) is 2.07. The van der Waals surface area contributed by atoms with Gasteiger partial charge < -0.3 is 4.74 Å². The van der Waals surface area contributed by atoms with Gasteiger partial charge in [0.05, 0.1) is 7.11 Å². The van der Waals surface area contributed by atoms with E-state index in [2.05, 4.69) is 0 Å². The Balaban J connectivity index is 0.000000810. The summed E-state index contributed by atoms with van der Waals surface area (Å²) in [6.45, 7) is 5.51. The molecule has 1 nitrogen and oxygen atoms in total. The predicted octanol–water partition coefficient (Wildman–Crippen LogP) is 1.75. The molecule has 0 fully saturated rings. The average molecular weight is 304 g/mol. The molecule has 1 radical (unpaired) electrons. The molecule has 1 rings (SSSR count). The molecule has 0 unspecified atom stereocenters. The summed E-state index contributed by atoms with van der Waals surface area (Å²) in [6.07, 6.45) is 0. The zero-order chi connectivity index (χ0) is 6.69. The van der Waals surface area contributed by atoms with Gasteiger partial charge >= 0.3 is 0 Å². The van der Waals surface area contributed by atoms with Gasteiger partial charge in [0.25, 0.3) is 0 Å². The van der Waals surface area contributed by atoms with E-state index < -0.39 is 0 Å². The van der Waals surface area contributed by atoms with Crippen LogP contribution in [0.1, 0.15) is 5.56 Å². The molecule has 1 aromatic rings. The first-order valence-corrected chi connectivity index (χ1v) is 2.73. The van der Waals surface area contributed by atoms with E-state index in [9.17, 15) is 0 Å². The summed E-state index contributed by atoms with van der Waals surface area (Å²) in [5, 5.41) is 0. The maximum atomic E-state index is 5.51. The monoisotopic (exact) mass is 304 g/mol. The second kappa shape index (κ2) is 4.40. The van der Waals surface area contributed by atoms with Crippen molar-refractivity contribution in [2.24, 2.45) is 0 Å². The summed E-state index contributed by atoms with van der Waals surface area (Å²) < 4.78 is 4.92. The SMILES string of the molecule is [CH-]c1ccccc1OC.[W]. The number of hydrogen-bond donors (Lipinski definition) is 0. The van der Waals surface area contributed by atoms with Gasteiger partial charge in [-0.3, -0.25) is 0 Å². The molecule has 0 bridgehead atoms. The molecular formula is C8H8OW-. The molecule has 0 spiro atoms. The van der Waals surface area contributed by atoms with Crippen molar-refractivity contribution in [3.63, 3.8) is 0 Å². The standard InChI is InChI=1S/C8H8O.W/c1-7-5-3-4-6-8(7)9-2;/h1,3-6H,2H3;/q-1;. The predicted molar refractivity (Wildman–Crippen MR) is 36.4 cm³/mol. The first kappa shape index (κ1) is 9.58. The minimum atomic E-state index is 0. The van der Waals surface area contributed by atoms with Crippen molar-refractivity contribution < 1.29 is 25.8 Å². The summed E-state index contributed by atoms with van der Waals surface area (Å²) in [6, 6.07) is 7.39. The van der Waals surface area contributed by atoms with Gasteiger partial charge in [0.2, 0.25) is 0 Å². The van der Waals surface area contributed by atoms with E-state index in [0.717, 1.165) is 5.75 Å². The fourth-order valence-corrected chi connectivity index (χ4v) is 0.666. The number of rotatable bonds is 1. The Hall–Kier alpha value is -0.422. The molecule has 1 aromatic carbocycles. The summed E-state index contributed by atoms with van der Waals surface area (Å²) >= 11 is 0. The molecule has 0 aliphatic heterocycles. The van der Waals surface area contributed by atoms with Gasteiger partial charge in [-0.25, -0.2) is 6.92 Å². The third-order valence-electron chi connectivity index (χ3n) is 1.14. The van der Waals surface area contributed by atoms with Crippen molar-refractivity contribution in [1.82, 2.24) is 0 Å². The Bertz CT molecular complexity index is 198. The normalized spacial score (nSPS) is 8.10. The molecule has 2 heteroatoms. The van der Waals surface area contributed by atoms with E-state index in [1.807, 2.05) is 18.2 Å². The molecule has 0 amide bonds. The van der Waals surface area contributed by atoms with Gasteiger partial charge in [-0.2, -0.15) is 11.6 Å². The molecule has 0 N–H and O–H groups in total. The van der Waals surface area contributed by atoms with Gasteiger partial charge in [-0.1, -0.05) is 12.1 Å². The number of methoxy groups -OCH3 is 1. The van der Waals surface area contributed by atoms with E-state index in [0.29, 0.717) is 5.56 Å². The average Bonchev–Trinajstić information content (AvgIpc) is 1.89. The minimum absolute atomic E-state index is 0. The first-order chi connectivity index (χ1) is 4.34. The number of para-hydroxylation sites is 1. The Labute approximate surface area is 75.7 Å². The van der Waals surface area contributed by atoms with Crippen LogP contribution in [0.2, 0.25) is 0 Å². The van der Waals surface area contributed by atoms with Crippen LogP contribution in [-0.4, -0.2) is 7.11 Å². The first-order valence-electron chi connectivity index (χ1n) is 2.73. The molecule has 53 valence electrons. The smallest absolute Gasteiger partial charge is 0.0607 e. The molecule has 0 atom stereocenters. The van der Waals surface area contributed by atoms with Crippen molar-refractivity contribution in [3.8, 4) is 5.75 Å². The van der Waals surface area contributed by atoms with Crippen LogP contribution in [0.5, 0.6) is 5.75 Å². The molecule has 0 aliphatic carbocycles. The van der Waals surface area contributed by atoms with Crippen LogP contribution < -0.4 is 4.74 Å². The van der Waals surface area contributed by atoms with Crippen LogP contribution in [-0.2, 0) is 21.1 Å². The van der Waals surface area contributed by atoms with Gasteiger partial charge in [-0.05, 0) is 0 Å². The van der Waals surface area contributed by atoms with E-state index >= 15 is 0 Å². The second-order valence-electron chi connectivity index (χ2n) is 1.74. The van der Waals surface area contributed by atoms with Gasteiger partial charge in [-0.15, -0.1) is 6.07 Å². The summed E-state index contributed by atoms with van der Waals surface area (Å²) in [5.74, 6) is 0.734. The molecule has 0 saturated heterocycles. The molecule has 10 heavy (non-hydrogen) atoms. The Kier molecular flexibility index (Phi) is 4.22. The molecule has 0 heterocycles. The van der Waals surface area contributed by atoms with Crippen LogP contribution in [0.15, 0.2) is 24.3 Å². The molecule has 0 saturated carbocycles. The molecule has 0 aliphatic rings. The number of hydrogen-bond acceptors (Lipinski definition) is 1. The van der Waals surface area contributed by atoms with E-state index in [1.165, 1.54) is 0 Å². The maximum Gasteiger partial charge on any atom is 0.0607 e. The van der Waals surface area contributed by atoms with Crippen molar-refractivity contribution in [2.45, 2.75) is 0 Å². The van der Waals surface area contributed by atoms with Crippen LogP contribution in [0.4, 0.5) is 0 Å². The van der Waals surface area contributed by atoms with Crippen molar-refractivity contribution in [2.75, 3.05) is 7.11 Å². The van der Waals surface area contributed by atoms with Gasteiger partial charge in [0.1, 0.15) is 0 Å². The molecule has 0 aromatic heterocycles. The Morgan fingerprint density at radius 1 is 1.30 bits per heavy atom. The third-order valence-corrected chi connectivity index (χ3v) is 1.14. The van der Waals surface area contributed by atoms with Crippen LogP contribution >= 0.6 is 0 Å². The fraction of sp³-hybridized carbons (Fsp3) is 0.125. The Morgan fingerprint density at radius 3 is 2.30 bits per heavy atom. The van der Waals surface area contributed by atoms with Crippen molar-refractivity contribution >= 4 is 0 Å².